The Balaban J connectivity index is 1.43. The summed E-state index contributed by atoms with van der Waals surface area (Å²) in [6, 6.07) is 15.8. The first kappa shape index (κ1) is 15.8. The number of aliphatic hydroxyl groups excluding tert-OH is 1. The van der Waals surface area contributed by atoms with Crippen molar-refractivity contribution in [1.82, 2.24) is 15.1 Å². The molecule has 25 heavy (non-hydrogen) atoms. The predicted molar refractivity (Wildman–Crippen MR) is 96.2 cm³/mol. The van der Waals surface area contributed by atoms with Crippen molar-refractivity contribution in [3.63, 3.8) is 0 Å². The van der Waals surface area contributed by atoms with E-state index in [-0.39, 0.29) is 12.5 Å². The zero-order valence-electron chi connectivity index (χ0n) is 14.0. The molecule has 2 N–H and O–H groups in total. The number of amides is 1. The number of hydrogen-bond acceptors (Lipinski definition) is 3. The van der Waals surface area contributed by atoms with Crippen LogP contribution in [0.4, 0.5) is 0 Å². The van der Waals surface area contributed by atoms with E-state index in [1.54, 1.807) is 0 Å². The molecule has 0 saturated carbocycles. The lowest BCUT2D eigenvalue weighted by Gasteiger charge is -2.15. The summed E-state index contributed by atoms with van der Waals surface area (Å²) in [5, 5.41) is 17.2. The fourth-order valence-corrected chi connectivity index (χ4v) is 3.57. The van der Waals surface area contributed by atoms with Crippen LogP contribution in [0.3, 0.4) is 0 Å². The summed E-state index contributed by atoms with van der Waals surface area (Å²) < 4.78 is 0. The summed E-state index contributed by atoms with van der Waals surface area (Å²) >= 11 is 0. The molecule has 0 bridgehead atoms. The smallest absolute Gasteiger partial charge is 0.275 e. The highest BCUT2D eigenvalue weighted by Gasteiger charge is 2.29. The number of likely N-dealkylation sites (tertiary alicyclic amines) is 1. The van der Waals surface area contributed by atoms with E-state index in [4.69, 9.17) is 5.11 Å². The van der Waals surface area contributed by atoms with Crippen LogP contribution in [0.25, 0.3) is 10.9 Å². The minimum Gasteiger partial charge on any atom is -0.392 e. The molecule has 1 fully saturated rings. The molecule has 1 amide bonds. The number of carbonyl (C=O) groups excluding carboxylic acids is 1. The van der Waals surface area contributed by atoms with Gasteiger partial charge < -0.3 is 10.0 Å². The fraction of sp³-hybridized carbons (Fsp3) is 0.300. The quantitative estimate of drug-likeness (QED) is 0.770. The maximum absolute atomic E-state index is 12.8. The second kappa shape index (κ2) is 6.69. The van der Waals surface area contributed by atoms with E-state index in [9.17, 15) is 4.79 Å². The molecule has 3 aromatic rings. The highest BCUT2D eigenvalue weighted by molar-refractivity contribution is 6.04. The third-order valence-electron chi connectivity index (χ3n) is 4.98. The van der Waals surface area contributed by atoms with Crippen LogP contribution in [0, 0.1) is 5.92 Å². The van der Waals surface area contributed by atoms with Crippen molar-refractivity contribution >= 4 is 16.8 Å². The molecule has 0 aliphatic carbocycles. The topological polar surface area (TPSA) is 69.2 Å². The van der Waals surface area contributed by atoms with Crippen LogP contribution in [0.5, 0.6) is 0 Å². The van der Waals surface area contributed by atoms with Gasteiger partial charge in [-0.05, 0) is 36.0 Å². The van der Waals surface area contributed by atoms with Crippen LogP contribution in [0.15, 0.2) is 48.5 Å². The monoisotopic (exact) mass is 335 g/mol. The number of aromatic nitrogens is 2. The molecule has 1 aliphatic heterocycles. The number of nitrogens with zero attached hydrogens (tertiary/aromatic N) is 2. The molecule has 4 rings (SSSR count). The number of aliphatic hydroxyl groups is 1. The summed E-state index contributed by atoms with van der Waals surface area (Å²) in [6.45, 7) is 1.62. The minimum absolute atomic E-state index is 0.00979. The van der Waals surface area contributed by atoms with E-state index in [0.717, 1.165) is 42.4 Å². The van der Waals surface area contributed by atoms with E-state index in [0.29, 0.717) is 11.6 Å². The van der Waals surface area contributed by atoms with Crippen molar-refractivity contribution in [1.29, 1.82) is 0 Å². The van der Waals surface area contributed by atoms with E-state index < -0.39 is 0 Å². The lowest BCUT2D eigenvalue weighted by atomic mass is 9.98. The Morgan fingerprint density at radius 2 is 1.92 bits per heavy atom. The summed E-state index contributed by atoms with van der Waals surface area (Å²) in [5.74, 6) is 0.477. The lowest BCUT2D eigenvalue weighted by molar-refractivity contribution is 0.0783. The van der Waals surface area contributed by atoms with Gasteiger partial charge in [0.1, 0.15) is 0 Å². The van der Waals surface area contributed by atoms with Crippen molar-refractivity contribution in [3.05, 3.63) is 65.4 Å². The number of H-pyrrole nitrogens is 1. The zero-order chi connectivity index (χ0) is 17.2. The SMILES string of the molecule is O=C(c1n[nH]c2ccccc12)N1CCC(Cc2ccc(CO)cc2)C1. The number of hydrogen-bond donors (Lipinski definition) is 2. The van der Waals surface area contributed by atoms with Crippen molar-refractivity contribution in [2.75, 3.05) is 13.1 Å². The third-order valence-corrected chi connectivity index (χ3v) is 4.98. The average Bonchev–Trinajstić information content (AvgIpc) is 3.29. The number of para-hydroxylation sites is 1. The first-order chi connectivity index (χ1) is 12.2. The summed E-state index contributed by atoms with van der Waals surface area (Å²) in [6.07, 6.45) is 1.96. The molecule has 5 nitrogen and oxygen atoms in total. The molecule has 2 heterocycles. The average molecular weight is 335 g/mol. The number of nitrogens with one attached hydrogen (secondary N) is 1. The van der Waals surface area contributed by atoms with Gasteiger partial charge >= 0.3 is 0 Å². The Labute approximate surface area is 146 Å². The van der Waals surface area contributed by atoms with Crippen LogP contribution in [-0.2, 0) is 13.0 Å². The van der Waals surface area contributed by atoms with Gasteiger partial charge in [0, 0.05) is 18.5 Å². The fourth-order valence-electron chi connectivity index (χ4n) is 3.57. The molecule has 1 unspecified atom stereocenters. The van der Waals surface area contributed by atoms with Crippen molar-refractivity contribution in [2.24, 2.45) is 5.92 Å². The van der Waals surface area contributed by atoms with Gasteiger partial charge in [0.2, 0.25) is 0 Å². The van der Waals surface area contributed by atoms with Crippen molar-refractivity contribution < 1.29 is 9.90 Å². The molecule has 128 valence electrons. The zero-order valence-corrected chi connectivity index (χ0v) is 14.0. The molecule has 1 atom stereocenters. The first-order valence-electron chi connectivity index (χ1n) is 8.65. The van der Waals surface area contributed by atoms with Gasteiger partial charge in [-0.2, -0.15) is 5.10 Å². The summed E-state index contributed by atoms with van der Waals surface area (Å²) in [7, 11) is 0. The van der Waals surface area contributed by atoms with Gasteiger partial charge in [0.15, 0.2) is 5.69 Å². The largest absolute Gasteiger partial charge is 0.392 e. The van der Waals surface area contributed by atoms with Gasteiger partial charge in [-0.25, -0.2) is 0 Å². The molecule has 0 radical (unpaired) electrons. The number of aromatic amines is 1. The Hall–Kier alpha value is -2.66. The van der Waals surface area contributed by atoms with Gasteiger partial charge in [-0.15, -0.1) is 0 Å². The van der Waals surface area contributed by atoms with E-state index in [1.165, 1.54) is 5.56 Å². The molecule has 5 heteroatoms. The maximum atomic E-state index is 12.8. The molecule has 1 saturated heterocycles. The Bertz CT molecular complexity index is 885. The maximum Gasteiger partial charge on any atom is 0.275 e. The predicted octanol–water partition coefficient (Wildman–Crippen LogP) is 2.76. The van der Waals surface area contributed by atoms with Crippen LogP contribution in [-0.4, -0.2) is 39.2 Å². The number of rotatable bonds is 4. The summed E-state index contributed by atoms with van der Waals surface area (Å²) in [4.78, 5) is 14.7. The molecule has 2 aromatic carbocycles. The lowest BCUT2D eigenvalue weighted by Crippen LogP contribution is -2.29. The van der Waals surface area contributed by atoms with Crippen LogP contribution in [0.2, 0.25) is 0 Å². The van der Waals surface area contributed by atoms with Crippen molar-refractivity contribution in [2.45, 2.75) is 19.4 Å². The second-order valence-corrected chi connectivity index (χ2v) is 6.70. The second-order valence-electron chi connectivity index (χ2n) is 6.70. The van der Waals surface area contributed by atoms with Crippen molar-refractivity contribution in [3.8, 4) is 0 Å². The van der Waals surface area contributed by atoms with Crippen LogP contribution >= 0.6 is 0 Å². The third kappa shape index (κ3) is 3.15. The Morgan fingerprint density at radius 3 is 2.72 bits per heavy atom. The minimum atomic E-state index is 0.00979. The Morgan fingerprint density at radius 1 is 1.16 bits per heavy atom. The highest BCUT2D eigenvalue weighted by atomic mass is 16.3. The molecular weight excluding hydrogens is 314 g/mol. The number of benzene rings is 2. The van der Waals surface area contributed by atoms with Gasteiger partial charge in [-0.3, -0.25) is 9.89 Å². The van der Waals surface area contributed by atoms with Crippen LogP contribution in [0.1, 0.15) is 28.0 Å². The number of fused-ring (bicyclic) bond motifs is 1. The summed E-state index contributed by atoms with van der Waals surface area (Å²) in [5.41, 5.74) is 3.59. The molecular formula is C20H21N3O2. The normalized spacial score (nSPS) is 17.3. The molecule has 1 aliphatic rings. The van der Waals surface area contributed by atoms with Gasteiger partial charge in [-0.1, -0.05) is 42.5 Å². The standard InChI is InChI=1S/C20H21N3O2/c24-13-15-7-5-14(6-8-15)11-16-9-10-23(12-16)20(25)19-17-3-1-2-4-18(17)21-22-19/h1-8,16,24H,9-13H2,(H,21,22). The van der Waals surface area contributed by atoms with Gasteiger partial charge in [0.25, 0.3) is 5.91 Å². The van der Waals surface area contributed by atoms with E-state index in [1.807, 2.05) is 41.3 Å². The highest BCUT2D eigenvalue weighted by Crippen LogP contribution is 2.24. The van der Waals surface area contributed by atoms with Gasteiger partial charge in [0.05, 0.1) is 12.1 Å². The van der Waals surface area contributed by atoms with Crippen LogP contribution < -0.4 is 0 Å². The molecule has 0 spiro atoms. The molecule has 1 aromatic heterocycles. The first-order valence-corrected chi connectivity index (χ1v) is 8.65. The van der Waals surface area contributed by atoms with E-state index >= 15 is 0 Å². The van der Waals surface area contributed by atoms with E-state index in [2.05, 4.69) is 22.3 Å². The Kier molecular flexibility index (Phi) is 4.24. The number of carbonyl (C=O) groups is 1.